The Balaban J connectivity index is 1.92. The third-order valence-corrected chi connectivity index (χ3v) is 3.16. The summed E-state index contributed by atoms with van der Waals surface area (Å²) in [4.78, 5) is 16.3. The van der Waals surface area contributed by atoms with E-state index in [1.165, 1.54) is 0 Å². The lowest BCUT2D eigenvalue weighted by molar-refractivity contribution is -0.116. The summed E-state index contributed by atoms with van der Waals surface area (Å²) in [5, 5.41) is 2.71. The van der Waals surface area contributed by atoms with E-state index in [4.69, 9.17) is 13.9 Å². The Morgan fingerprint density at radius 1 is 1.26 bits per heavy atom. The van der Waals surface area contributed by atoms with Crippen LogP contribution in [0.1, 0.15) is 31.7 Å². The Hall–Kier alpha value is -2.34. The number of carbonyl (C=O) groups excluding carboxylic acids is 1. The zero-order valence-corrected chi connectivity index (χ0v) is 13.5. The first-order chi connectivity index (χ1) is 11.2. The SMILES string of the molecule is CCOCOc1nc(CC)oc1NC(=O)CCc1ccccc1. The lowest BCUT2D eigenvalue weighted by atomic mass is 10.1. The van der Waals surface area contributed by atoms with Crippen LogP contribution in [0.4, 0.5) is 5.88 Å². The molecular formula is C17H22N2O4. The monoisotopic (exact) mass is 318 g/mol. The van der Waals surface area contributed by atoms with Gasteiger partial charge in [-0.05, 0) is 18.9 Å². The van der Waals surface area contributed by atoms with E-state index in [1.807, 2.05) is 44.2 Å². The summed E-state index contributed by atoms with van der Waals surface area (Å²) in [6, 6.07) is 9.85. The van der Waals surface area contributed by atoms with Gasteiger partial charge < -0.3 is 13.9 Å². The molecule has 124 valence electrons. The van der Waals surface area contributed by atoms with Crippen molar-refractivity contribution in [3.05, 3.63) is 41.8 Å². The molecule has 0 spiro atoms. The molecule has 0 saturated heterocycles. The van der Waals surface area contributed by atoms with E-state index < -0.39 is 0 Å². The van der Waals surface area contributed by atoms with E-state index in [9.17, 15) is 4.79 Å². The minimum atomic E-state index is -0.145. The number of carbonyl (C=O) groups is 1. The summed E-state index contributed by atoms with van der Waals surface area (Å²) in [6.45, 7) is 4.39. The van der Waals surface area contributed by atoms with Crippen LogP contribution in [-0.4, -0.2) is 24.3 Å². The fourth-order valence-electron chi connectivity index (χ4n) is 1.95. The average molecular weight is 318 g/mol. The van der Waals surface area contributed by atoms with Crippen LogP contribution in [0.15, 0.2) is 34.7 Å². The van der Waals surface area contributed by atoms with E-state index in [-0.39, 0.29) is 24.5 Å². The maximum Gasteiger partial charge on any atom is 0.281 e. The molecule has 1 heterocycles. The third kappa shape index (κ3) is 5.41. The van der Waals surface area contributed by atoms with Crippen LogP contribution >= 0.6 is 0 Å². The summed E-state index contributed by atoms with van der Waals surface area (Å²) in [5.74, 6) is 0.853. The van der Waals surface area contributed by atoms with E-state index >= 15 is 0 Å². The molecule has 0 bridgehead atoms. The van der Waals surface area contributed by atoms with Crippen molar-refractivity contribution in [2.45, 2.75) is 33.1 Å². The zero-order chi connectivity index (χ0) is 16.5. The number of ether oxygens (including phenoxy) is 2. The molecule has 0 aliphatic rings. The second-order valence-corrected chi connectivity index (χ2v) is 4.88. The molecule has 0 unspecified atom stereocenters. The molecule has 0 fully saturated rings. The summed E-state index contributed by atoms with van der Waals surface area (Å²) < 4.78 is 16.0. The molecule has 1 amide bonds. The normalized spacial score (nSPS) is 10.5. The minimum Gasteiger partial charge on any atom is -0.447 e. The molecule has 2 rings (SSSR count). The number of rotatable bonds is 9. The second-order valence-electron chi connectivity index (χ2n) is 4.88. The van der Waals surface area contributed by atoms with Crippen molar-refractivity contribution in [1.29, 1.82) is 0 Å². The van der Waals surface area contributed by atoms with Gasteiger partial charge in [0, 0.05) is 19.4 Å². The Kier molecular flexibility index (Phi) is 6.62. The molecule has 0 saturated carbocycles. The number of benzene rings is 1. The molecule has 0 aliphatic carbocycles. The Morgan fingerprint density at radius 3 is 2.74 bits per heavy atom. The number of oxazole rings is 1. The third-order valence-electron chi connectivity index (χ3n) is 3.16. The van der Waals surface area contributed by atoms with E-state index in [1.54, 1.807) is 0 Å². The van der Waals surface area contributed by atoms with Gasteiger partial charge in [0.2, 0.25) is 5.91 Å². The molecule has 6 nitrogen and oxygen atoms in total. The fraction of sp³-hybridized carbons (Fsp3) is 0.412. The fourth-order valence-corrected chi connectivity index (χ4v) is 1.95. The Morgan fingerprint density at radius 2 is 2.04 bits per heavy atom. The van der Waals surface area contributed by atoms with Crippen molar-refractivity contribution in [2.24, 2.45) is 0 Å². The van der Waals surface area contributed by atoms with Crippen LogP contribution in [0.2, 0.25) is 0 Å². The van der Waals surface area contributed by atoms with Gasteiger partial charge in [-0.3, -0.25) is 10.1 Å². The first-order valence-corrected chi connectivity index (χ1v) is 7.77. The van der Waals surface area contributed by atoms with Gasteiger partial charge >= 0.3 is 0 Å². The average Bonchev–Trinajstić information content (AvgIpc) is 2.96. The van der Waals surface area contributed by atoms with Gasteiger partial charge in [-0.25, -0.2) is 0 Å². The number of nitrogens with zero attached hydrogens (tertiary/aromatic N) is 1. The number of amides is 1. The molecular weight excluding hydrogens is 296 g/mol. The maximum atomic E-state index is 12.1. The topological polar surface area (TPSA) is 73.6 Å². The highest BCUT2D eigenvalue weighted by atomic mass is 16.7. The number of hydrogen-bond donors (Lipinski definition) is 1. The van der Waals surface area contributed by atoms with Crippen LogP contribution < -0.4 is 10.1 Å². The first-order valence-electron chi connectivity index (χ1n) is 7.77. The predicted molar refractivity (Wildman–Crippen MR) is 86.4 cm³/mol. The van der Waals surface area contributed by atoms with Crippen molar-refractivity contribution < 1.29 is 18.7 Å². The highest BCUT2D eigenvalue weighted by Gasteiger charge is 2.16. The molecule has 1 N–H and O–H groups in total. The van der Waals surface area contributed by atoms with E-state index in [0.29, 0.717) is 31.8 Å². The quantitative estimate of drug-likeness (QED) is 0.568. The molecule has 0 atom stereocenters. The van der Waals surface area contributed by atoms with Gasteiger partial charge in [-0.2, -0.15) is 4.98 Å². The number of anilines is 1. The molecule has 2 aromatic rings. The van der Waals surface area contributed by atoms with Crippen molar-refractivity contribution in [3.63, 3.8) is 0 Å². The second kappa shape index (κ2) is 8.95. The highest BCUT2D eigenvalue weighted by Crippen LogP contribution is 2.25. The van der Waals surface area contributed by atoms with Crippen molar-refractivity contribution in [3.8, 4) is 5.88 Å². The van der Waals surface area contributed by atoms with Gasteiger partial charge in [-0.15, -0.1) is 0 Å². The van der Waals surface area contributed by atoms with Gasteiger partial charge in [0.15, 0.2) is 12.7 Å². The van der Waals surface area contributed by atoms with Crippen LogP contribution in [0.5, 0.6) is 5.88 Å². The van der Waals surface area contributed by atoms with Crippen molar-refractivity contribution in [1.82, 2.24) is 4.98 Å². The van der Waals surface area contributed by atoms with E-state index in [0.717, 1.165) is 5.56 Å². The largest absolute Gasteiger partial charge is 0.447 e. The molecule has 1 aromatic carbocycles. The summed E-state index contributed by atoms with van der Waals surface area (Å²) in [5.41, 5.74) is 1.11. The van der Waals surface area contributed by atoms with Crippen LogP contribution in [0.25, 0.3) is 0 Å². The number of aryl methyl sites for hydroxylation is 2. The Bertz CT molecular complexity index is 610. The molecule has 0 radical (unpaired) electrons. The molecule has 23 heavy (non-hydrogen) atoms. The first kappa shape index (κ1) is 17.0. The summed E-state index contributed by atoms with van der Waals surface area (Å²) >= 11 is 0. The molecule has 1 aromatic heterocycles. The smallest absolute Gasteiger partial charge is 0.281 e. The van der Waals surface area contributed by atoms with Gasteiger partial charge in [0.05, 0.1) is 0 Å². The lowest BCUT2D eigenvalue weighted by Crippen LogP contribution is -2.13. The van der Waals surface area contributed by atoms with Crippen LogP contribution in [0.3, 0.4) is 0 Å². The lowest BCUT2D eigenvalue weighted by Gasteiger charge is -2.06. The van der Waals surface area contributed by atoms with Gasteiger partial charge in [-0.1, -0.05) is 37.3 Å². The summed E-state index contributed by atoms with van der Waals surface area (Å²) in [7, 11) is 0. The molecule has 0 aliphatic heterocycles. The number of nitrogens with one attached hydrogen (secondary N) is 1. The Labute approximate surface area is 135 Å². The number of aromatic nitrogens is 1. The predicted octanol–water partition coefficient (Wildman–Crippen LogP) is 3.18. The van der Waals surface area contributed by atoms with Gasteiger partial charge in [0.25, 0.3) is 11.8 Å². The van der Waals surface area contributed by atoms with E-state index in [2.05, 4.69) is 10.3 Å². The number of hydrogen-bond acceptors (Lipinski definition) is 5. The van der Waals surface area contributed by atoms with Crippen LogP contribution in [0, 0.1) is 0 Å². The van der Waals surface area contributed by atoms with Gasteiger partial charge in [0.1, 0.15) is 0 Å². The highest BCUT2D eigenvalue weighted by molar-refractivity contribution is 5.90. The zero-order valence-electron chi connectivity index (χ0n) is 13.5. The van der Waals surface area contributed by atoms with Crippen molar-refractivity contribution >= 4 is 11.8 Å². The maximum absolute atomic E-state index is 12.1. The standard InChI is InChI=1S/C17H22N2O4/c1-3-15-19-16(22-12-21-4-2)17(23-15)18-14(20)11-10-13-8-6-5-7-9-13/h5-9H,3-4,10-12H2,1-2H3,(H,18,20). The molecule has 6 heteroatoms. The summed E-state index contributed by atoms with van der Waals surface area (Å²) in [6.07, 6.45) is 1.64. The minimum absolute atomic E-state index is 0.0685. The van der Waals surface area contributed by atoms with Crippen molar-refractivity contribution in [2.75, 3.05) is 18.7 Å². The van der Waals surface area contributed by atoms with Crippen LogP contribution in [-0.2, 0) is 22.4 Å².